The molecule has 0 bridgehead atoms. The van der Waals surface area contributed by atoms with Crippen molar-refractivity contribution in [3.8, 4) is 24.7 Å². The molecule has 0 radical (unpaired) electrons. The quantitative estimate of drug-likeness (QED) is 0.453. The van der Waals surface area contributed by atoms with Crippen molar-refractivity contribution in [1.29, 1.82) is 0 Å². The Kier molecular flexibility index (Phi) is 7.97. The molecule has 16 heavy (non-hydrogen) atoms. The summed E-state index contributed by atoms with van der Waals surface area (Å²) >= 11 is 0. The topological polar surface area (TPSA) is 66.6 Å². The van der Waals surface area contributed by atoms with E-state index in [0.717, 1.165) is 12.8 Å². The maximum Gasteiger partial charge on any atom is 0.320 e. The number of rotatable bonds is 8. The minimum atomic E-state index is -0.887. The van der Waals surface area contributed by atoms with Gasteiger partial charge in [0.2, 0.25) is 0 Å². The SMILES string of the molecule is C#CCN(CC#C)[C@@H](CCCCN)C(=O)O. The van der Waals surface area contributed by atoms with Crippen LogP contribution in [0.5, 0.6) is 0 Å². The Labute approximate surface area is 96.8 Å². The van der Waals surface area contributed by atoms with E-state index in [1.165, 1.54) is 0 Å². The smallest absolute Gasteiger partial charge is 0.320 e. The van der Waals surface area contributed by atoms with E-state index in [4.69, 9.17) is 23.7 Å². The number of unbranched alkanes of at least 4 members (excludes halogenated alkanes) is 1. The highest BCUT2D eigenvalue weighted by Crippen LogP contribution is 2.08. The van der Waals surface area contributed by atoms with Gasteiger partial charge in [0.25, 0.3) is 0 Å². The molecule has 4 heteroatoms. The fourth-order valence-electron chi connectivity index (χ4n) is 1.46. The first-order valence-corrected chi connectivity index (χ1v) is 5.21. The van der Waals surface area contributed by atoms with Gasteiger partial charge in [-0.25, -0.2) is 0 Å². The lowest BCUT2D eigenvalue weighted by Gasteiger charge is -2.24. The molecule has 0 aliphatic heterocycles. The van der Waals surface area contributed by atoms with Gasteiger partial charge in [0, 0.05) is 0 Å². The highest BCUT2D eigenvalue weighted by Gasteiger charge is 2.23. The molecule has 0 amide bonds. The fourth-order valence-corrected chi connectivity index (χ4v) is 1.46. The molecule has 0 fully saturated rings. The van der Waals surface area contributed by atoms with Crippen LogP contribution in [0.4, 0.5) is 0 Å². The van der Waals surface area contributed by atoms with E-state index in [2.05, 4.69) is 11.8 Å². The van der Waals surface area contributed by atoms with Crippen molar-refractivity contribution in [2.75, 3.05) is 19.6 Å². The first kappa shape index (κ1) is 14.5. The van der Waals surface area contributed by atoms with Crippen LogP contribution in [0.3, 0.4) is 0 Å². The molecule has 88 valence electrons. The molecule has 0 aromatic carbocycles. The van der Waals surface area contributed by atoms with E-state index in [9.17, 15) is 4.79 Å². The summed E-state index contributed by atoms with van der Waals surface area (Å²) in [5.74, 6) is 3.95. The van der Waals surface area contributed by atoms with Gasteiger partial charge < -0.3 is 10.8 Å². The van der Waals surface area contributed by atoms with Gasteiger partial charge >= 0.3 is 5.97 Å². The number of hydrogen-bond acceptors (Lipinski definition) is 3. The third-order valence-electron chi connectivity index (χ3n) is 2.25. The Morgan fingerprint density at radius 3 is 2.25 bits per heavy atom. The molecule has 0 unspecified atom stereocenters. The second kappa shape index (κ2) is 8.79. The summed E-state index contributed by atoms with van der Waals surface area (Å²) in [4.78, 5) is 12.7. The third-order valence-corrected chi connectivity index (χ3v) is 2.25. The molecular weight excluding hydrogens is 204 g/mol. The van der Waals surface area contributed by atoms with E-state index in [0.29, 0.717) is 13.0 Å². The van der Waals surface area contributed by atoms with Crippen molar-refractivity contribution < 1.29 is 9.90 Å². The van der Waals surface area contributed by atoms with Crippen LogP contribution in [0, 0.1) is 24.7 Å². The van der Waals surface area contributed by atoms with Crippen molar-refractivity contribution in [3.63, 3.8) is 0 Å². The predicted molar refractivity (Wildman–Crippen MR) is 63.6 cm³/mol. The summed E-state index contributed by atoms with van der Waals surface area (Å²) in [6.45, 7) is 1.07. The molecule has 0 saturated carbocycles. The number of nitrogens with zero attached hydrogens (tertiary/aromatic N) is 1. The molecule has 3 N–H and O–H groups in total. The number of carboxylic acid groups (broad SMARTS) is 1. The van der Waals surface area contributed by atoms with Crippen LogP contribution in [-0.4, -0.2) is 41.7 Å². The molecule has 0 heterocycles. The monoisotopic (exact) mass is 222 g/mol. The van der Waals surface area contributed by atoms with Gasteiger partial charge in [0.15, 0.2) is 0 Å². The highest BCUT2D eigenvalue weighted by molar-refractivity contribution is 5.73. The van der Waals surface area contributed by atoms with E-state index >= 15 is 0 Å². The maximum absolute atomic E-state index is 11.1. The number of nitrogens with two attached hydrogens (primary N) is 1. The Hall–Kier alpha value is -1.49. The minimum absolute atomic E-state index is 0.254. The minimum Gasteiger partial charge on any atom is -0.480 e. The zero-order chi connectivity index (χ0) is 12.4. The summed E-state index contributed by atoms with van der Waals surface area (Å²) in [5, 5.41) is 9.09. The van der Waals surface area contributed by atoms with E-state index in [1.54, 1.807) is 4.90 Å². The number of carboxylic acids is 1. The lowest BCUT2D eigenvalue weighted by molar-refractivity contribution is -0.143. The van der Waals surface area contributed by atoms with Crippen LogP contribution in [0.25, 0.3) is 0 Å². The lowest BCUT2D eigenvalue weighted by Crippen LogP contribution is -2.41. The Bertz CT molecular complexity index is 272. The average Bonchev–Trinajstić information content (AvgIpc) is 2.24. The Balaban J connectivity index is 4.40. The number of aliphatic carboxylic acids is 1. The molecule has 0 aliphatic carbocycles. The van der Waals surface area contributed by atoms with Crippen molar-refractivity contribution in [2.24, 2.45) is 5.73 Å². The first-order valence-electron chi connectivity index (χ1n) is 5.21. The van der Waals surface area contributed by atoms with Crippen LogP contribution in [0.1, 0.15) is 19.3 Å². The third kappa shape index (κ3) is 5.41. The molecule has 0 rings (SSSR count). The van der Waals surface area contributed by atoms with Crippen LogP contribution >= 0.6 is 0 Å². The van der Waals surface area contributed by atoms with E-state index in [-0.39, 0.29) is 13.1 Å². The lowest BCUT2D eigenvalue weighted by atomic mass is 10.1. The molecule has 0 spiro atoms. The van der Waals surface area contributed by atoms with Gasteiger partial charge in [0.05, 0.1) is 13.1 Å². The number of terminal acetylenes is 2. The normalized spacial score (nSPS) is 11.8. The molecule has 1 atom stereocenters. The zero-order valence-corrected chi connectivity index (χ0v) is 9.35. The van der Waals surface area contributed by atoms with Crippen molar-refractivity contribution in [1.82, 2.24) is 4.90 Å². The molecule has 0 aromatic heterocycles. The fraction of sp³-hybridized carbons (Fsp3) is 0.583. The average molecular weight is 222 g/mol. The highest BCUT2D eigenvalue weighted by atomic mass is 16.4. The van der Waals surface area contributed by atoms with Crippen molar-refractivity contribution >= 4 is 5.97 Å². The summed E-state index contributed by atoms with van der Waals surface area (Å²) < 4.78 is 0. The van der Waals surface area contributed by atoms with Crippen LogP contribution < -0.4 is 5.73 Å². The first-order chi connectivity index (χ1) is 7.67. The van der Waals surface area contributed by atoms with Gasteiger partial charge in [-0.2, -0.15) is 0 Å². The van der Waals surface area contributed by atoms with Gasteiger partial charge in [-0.3, -0.25) is 9.69 Å². The van der Waals surface area contributed by atoms with Crippen LogP contribution in [0.2, 0.25) is 0 Å². The molecule has 0 saturated heterocycles. The maximum atomic E-state index is 11.1. The predicted octanol–water partition coefficient (Wildman–Crippen LogP) is 0.137. The largest absolute Gasteiger partial charge is 0.480 e. The van der Waals surface area contributed by atoms with E-state index < -0.39 is 12.0 Å². The van der Waals surface area contributed by atoms with Gasteiger partial charge in [-0.1, -0.05) is 18.3 Å². The molecular formula is C12H18N2O2. The Morgan fingerprint density at radius 1 is 1.31 bits per heavy atom. The van der Waals surface area contributed by atoms with Gasteiger partial charge in [-0.05, 0) is 19.4 Å². The molecule has 0 aliphatic rings. The summed E-state index contributed by atoms with van der Waals surface area (Å²) in [7, 11) is 0. The van der Waals surface area contributed by atoms with E-state index in [1.807, 2.05) is 0 Å². The molecule has 0 aromatic rings. The second-order valence-corrected chi connectivity index (χ2v) is 3.45. The Morgan fingerprint density at radius 2 is 1.88 bits per heavy atom. The molecule has 4 nitrogen and oxygen atoms in total. The van der Waals surface area contributed by atoms with Crippen LogP contribution in [-0.2, 0) is 4.79 Å². The second-order valence-electron chi connectivity index (χ2n) is 3.45. The summed E-state index contributed by atoms with van der Waals surface area (Å²) in [6, 6.07) is -0.612. The van der Waals surface area contributed by atoms with Crippen LogP contribution in [0.15, 0.2) is 0 Å². The van der Waals surface area contributed by atoms with Gasteiger partial charge in [0.1, 0.15) is 6.04 Å². The van der Waals surface area contributed by atoms with Crippen molar-refractivity contribution in [3.05, 3.63) is 0 Å². The number of carbonyl (C=O) groups is 1. The summed E-state index contributed by atoms with van der Waals surface area (Å²) in [5.41, 5.74) is 5.36. The number of hydrogen-bond donors (Lipinski definition) is 2. The standard InChI is InChI=1S/C12H18N2O2/c1-3-9-14(10-4-2)11(12(15)16)7-5-6-8-13/h1-2,11H,5-10,13H2,(H,15,16)/t11-/m0/s1. The van der Waals surface area contributed by atoms with Gasteiger partial charge in [-0.15, -0.1) is 12.8 Å². The van der Waals surface area contributed by atoms with Crippen molar-refractivity contribution in [2.45, 2.75) is 25.3 Å². The summed E-state index contributed by atoms with van der Waals surface area (Å²) in [6.07, 6.45) is 12.5. The zero-order valence-electron chi connectivity index (χ0n) is 9.35.